The Morgan fingerprint density at radius 2 is 2.21 bits per heavy atom. The molecule has 1 aliphatic rings. The van der Waals surface area contributed by atoms with E-state index >= 15 is 0 Å². The minimum atomic E-state index is 0.272. The van der Waals surface area contributed by atoms with E-state index in [0.29, 0.717) is 6.54 Å². The van der Waals surface area contributed by atoms with Gasteiger partial charge in [-0.3, -0.25) is 4.79 Å². The highest BCUT2D eigenvalue weighted by molar-refractivity contribution is 5.49. The number of amides is 1. The summed E-state index contributed by atoms with van der Waals surface area (Å²) in [5.74, 6) is 1.49. The SMILES string of the molecule is CN([C]=O)Cc1ccc2c(c1)OCO2. The fourth-order valence-electron chi connectivity index (χ4n) is 1.35. The van der Waals surface area contributed by atoms with Crippen LogP contribution in [0.25, 0.3) is 0 Å². The van der Waals surface area contributed by atoms with Crippen molar-refractivity contribution in [2.45, 2.75) is 6.54 Å². The fraction of sp³-hybridized carbons (Fsp3) is 0.300. The van der Waals surface area contributed by atoms with E-state index in [-0.39, 0.29) is 6.79 Å². The molecule has 1 aromatic carbocycles. The van der Waals surface area contributed by atoms with Gasteiger partial charge in [-0.2, -0.15) is 0 Å². The Balaban J connectivity index is 2.16. The maximum atomic E-state index is 10.3. The molecule has 0 N–H and O–H groups in total. The van der Waals surface area contributed by atoms with Gasteiger partial charge in [0.25, 0.3) is 0 Å². The fourth-order valence-corrected chi connectivity index (χ4v) is 1.35. The maximum absolute atomic E-state index is 10.3. The molecule has 4 nitrogen and oxygen atoms in total. The minimum absolute atomic E-state index is 0.272. The summed E-state index contributed by atoms with van der Waals surface area (Å²) < 4.78 is 10.4. The molecule has 1 amide bonds. The molecule has 1 aromatic rings. The number of nitrogens with zero attached hydrogens (tertiary/aromatic N) is 1. The van der Waals surface area contributed by atoms with Crippen LogP contribution in [0.3, 0.4) is 0 Å². The molecule has 73 valence electrons. The van der Waals surface area contributed by atoms with Gasteiger partial charge in [0.2, 0.25) is 6.79 Å². The molecular formula is C10H10NO3. The van der Waals surface area contributed by atoms with Crippen LogP contribution in [0.1, 0.15) is 5.56 Å². The molecule has 0 saturated heterocycles. The van der Waals surface area contributed by atoms with E-state index in [4.69, 9.17) is 9.47 Å². The van der Waals surface area contributed by atoms with E-state index < -0.39 is 0 Å². The zero-order valence-electron chi connectivity index (χ0n) is 7.82. The third-order valence-electron chi connectivity index (χ3n) is 2.01. The van der Waals surface area contributed by atoms with Crippen LogP contribution in [0.2, 0.25) is 0 Å². The van der Waals surface area contributed by atoms with Crippen molar-refractivity contribution in [2.24, 2.45) is 0 Å². The summed E-state index contributed by atoms with van der Waals surface area (Å²) in [6, 6.07) is 5.62. The highest BCUT2D eigenvalue weighted by Gasteiger charge is 2.13. The molecule has 1 aliphatic heterocycles. The molecule has 0 atom stereocenters. The average Bonchev–Trinajstić information content (AvgIpc) is 2.64. The smallest absolute Gasteiger partial charge is 0.312 e. The highest BCUT2D eigenvalue weighted by Crippen LogP contribution is 2.32. The molecule has 4 heteroatoms. The summed E-state index contributed by atoms with van der Waals surface area (Å²) in [5.41, 5.74) is 1.00. The van der Waals surface area contributed by atoms with Gasteiger partial charge >= 0.3 is 6.41 Å². The van der Waals surface area contributed by atoms with Crippen molar-refractivity contribution in [3.05, 3.63) is 23.8 Å². The van der Waals surface area contributed by atoms with Crippen LogP contribution in [-0.4, -0.2) is 25.2 Å². The van der Waals surface area contributed by atoms with Crippen LogP contribution in [0.15, 0.2) is 18.2 Å². The van der Waals surface area contributed by atoms with Crippen molar-refractivity contribution < 1.29 is 14.3 Å². The second-order valence-electron chi connectivity index (χ2n) is 3.13. The largest absolute Gasteiger partial charge is 0.454 e. The number of rotatable bonds is 3. The van der Waals surface area contributed by atoms with Crippen molar-refractivity contribution in [3.8, 4) is 11.5 Å². The Kier molecular flexibility index (Phi) is 2.26. The zero-order chi connectivity index (χ0) is 9.97. The predicted molar refractivity (Wildman–Crippen MR) is 49.7 cm³/mol. The first kappa shape index (κ1) is 8.87. The van der Waals surface area contributed by atoms with Crippen LogP contribution in [0, 0.1) is 0 Å². The number of carbonyl (C=O) groups excluding carboxylic acids is 1. The van der Waals surface area contributed by atoms with E-state index in [1.807, 2.05) is 18.2 Å². The number of hydrogen-bond acceptors (Lipinski definition) is 3. The topological polar surface area (TPSA) is 38.8 Å². The zero-order valence-corrected chi connectivity index (χ0v) is 7.82. The molecule has 0 saturated carbocycles. The van der Waals surface area contributed by atoms with Crippen molar-refractivity contribution in [1.82, 2.24) is 4.90 Å². The van der Waals surface area contributed by atoms with Gasteiger partial charge in [-0.25, -0.2) is 0 Å². The molecule has 1 radical (unpaired) electrons. The third-order valence-corrected chi connectivity index (χ3v) is 2.01. The van der Waals surface area contributed by atoms with Crippen molar-refractivity contribution in [3.63, 3.8) is 0 Å². The number of fused-ring (bicyclic) bond motifs is 1. The maximum Gasteiger partial charge on any atom is 0.312 e. The summed E-state index contributed by atoms with van der Waals surface area (Å²) in [7, 11) is 1.68. The normalized spacial score (nSPS) is 12.6. The number of benzene rings is 1. The average molecular weight is 192 g/mol. The first-order valence-corrected chi connectivity index (χ1v) is 4.27. The molecule has 0 unspecified atom stereocenters. The molecule has 0 spiro atoms. The standard InChI is InChI=1S/C10H10NO3/c1-11(6-12)5-8-2-3-9-10(4-8)14-7-13-9/h2-4H,5,7H2,1H3. The van der Waals surface area contributed by atoms with E-state index in [1.165, 1.54) is 4.90 Å². The highest BCUT2D eigenvalue weighted by atomic mass is 16.7. The summed E-state index contributed by atoms with van der Waals surface area (Å²) in [4.78, 5) is 11.7. The van der Waals surface area contributed by atoms with Gasteiger partial charge < -0.3 is 14.4 Å². The first-order valence-electron chi connectivity index (χ1n) is 4.27. The monoisotopic (exact) mass is 192 g/mol. The van der Waals surface area contributed by atoms with Crippen molar-refractivity contribution in [1.29, 1.82) is 0 Å². The summed E-state index contributed by atoms with van der Waals surface area (Å²) in [5, 5.41) is 0. The van der Waals surface area contributed by atoms with Crippen molar-refractivity contribution >= 4 is 6.41 Å². The lowest BCUT2D eigenvalue weighted by Gasteiger charge is -2.09. The van der Waals surface area contributed by atoms with Gasteiger partial charge in [0.15, 0.2) is 11.5 Å². The lowest BCUT2D eigenvalue weighted by Crippen LogP contribution is -2.14. The summed E-state index contributed by atoms with van der Waals surface area (Å²) >= 11 is 0. The Hall–Kier alpha value is -1.71. The molecule has 14 heavy (non-hydrogen) atoms. The molecular weight excluding hydrogens is 182 g/mol. The quantitative estimate of drug-likeness (QED) is 0.668. The Morgan fingerprint density at radius 1 is 1.43 bits per heavy atom. The van der Waals surface area contributed by atoms with E-state index in [1.54, 1.807) is 13.5 Å². The van der Waals surface area contributed by atoms with Gasteiger partial charge in [-0.15, -0.1) is 0 Å². The second-order valence-corrected chi connectivity index (χ2v) is 3.13. The summed E-state index contributed by atoms with van der Waals surface area (Å²) in [6.07, 6.45) is 1.79. The van der Waals surface area contributed by atoms with Crippen LogP contribution >= 0.6 is 0 Å². The molecule has 0 aliphatic carbocycles. The van der Waals surface area contributed by atoms with Crippen LogP contribution in [0.5, 0.6) is 11.5 Å². The molecule has 0 fully saturated rings. The van der Waals surface area contributed by atoms with Gasteiger partial charge in [0, 0.05) is 13.6 Å². The van der Waals surface area contributed by atoms with E-state index in [2.05, 4.69) is 0 Å². The lowest BCUT2D eigenvalue weighted by atomic mass is 10.2. The third kappa shape index (κ3) is 1.64. The number of ether oxygens (including phenoxy) is 2. The molecule has 1 heterocycles. The van der Waals surface area contributed by atoms with Gasteiger partial charge in [-0.05, 0) is 17.7 Å². The molecule has 2 rings (SSSR count). The van der Waals surface area contributed by atoms with Gasteiger partial charge in [-0.1, -0.05) is 6.07 Å². The second kappa shape index (κ2) is 3.57. The lowest BCUT2D eigenvalue weighted by molar-refractivity contribution is 0.174. The molecule has 0 aromatic heterocycles. The Labute approximate surface area is 82.0 Å². The Morgan fingerprint density at radius 3 is 3.00 bits per heavy atom. The first-order chi connectivity index (χ1) is 6.79. The predicted octanol–water partition coefficient (Wildman–Crippen LogP) is 0.914. The van der Waals surface area contributed by atoms with Crippen LogP contribution in [0.4, 0.5) is 0 Å². The van der Waals surface area contributed by atoms with Gasteiger partial charge in [0.1, 0.15) is 0 Å². The molecule has 0 bridgehead atoms. The Bertz CT molecular complexity index is 351. The summed E-state index contributed by atoms with van der Waals surface area (Å²) in [6.45, 7) is 0.800. The van der Waals surface area contributed by atoms with Gasteiger partial charge in [0.05, 0.1) is 0 Å². The van der Waals surface area contributed by atoms with Crippen LogP contribution in [-0.2, 0) is 11.3 Å². The number of hydrogen-bond donors (Lipinski definition) is 0. The van der Waals surface area contributed by atoms with Crippen molar-refractivity contribution in [2.75, 3.05) is 13.8 Å². The minimum Gasteiger partial charge on any atom is -0.454 e. The van der Waals surface area contributed by atoms with Crippen LogP contribution < -0.4 is 9.47 Å². The van der Waals surface area contributed by atoms with E-state index in [0.717, 1.165) is 17.1 Å². The van der Waals surface area contributed by atoms with E-state index in [9.17, 15) is 4.79 Å².